The molecule has 6 nitrogen and oxygen atoms in total. The van der Waals surface area contributed by atoms with Crippen molar-refractivity contribution in [2.45, 2.75) is 86.5 Å². The van der Waals surface area contributed by atoms with Crippen LogP contribution in [0.3, 0.4) is 0 Å². The topological polar surface area (TPSA) is 92.8 Å². The third kappa shape index (κ3) is 3.37. The van der Waals surface area contributed by atoms with Gasteiger partial charge in [-0.3, -0.25) is 19.0 Å². The molecule has 3 fully saturated rings. The first-order chi connectivity index (χ1) is 18.2. The Morgan fingerprint density at radius 3 is 2.44 bits per heavy atom. The molecule has 0 aliphatic heterocycles. The van der Waals surface area contributed by atoms with E-state index in [-0.39, 0.29) is 57.5 Å². The van der Waals surface area contributed by atoms with E-state index in [0.717, 1.165) is 50.5 Å². The highest BCUT2D eigenvalue weighted by Crippen LogP contribution is 2.70. The maximum absolute atomic E-state index is 14.4. The number of ketones is 2. The van der Waals surface area contributed by atoms with Crippen molar-refractivity contribution in [3.05, 3.63) is 42.0 Å². The van der Waals surface area contributed by atoms with Crippen molar-refractivity contribution in [3.63, 3.8) is 0 Å². The van der Waals surface area contributed by atoms with Gasteiger partial charge in [0.25, 0.3) is 0 Å². The van der Waals surface area contributed by atoms with Gasteiger partial charge in [-0.2, -0.15) is 5.26 Å². The molecule has 5 aliphatic rings. The number of hydrogen-bond acceptors (Lipinski definition) is 5. The van der Waals surface area contributed by atoms with E-state index in [2.05, 4.69) is 38.7 Å². The summed E-state index contributed by atoms with van der Waals surface area (Å²) in [5.74, 6) is 0.121. The lowest BCUT2D eigenvalue weighted by Crippen LogP contribution is -2.62. The monoisotopic (exact) mass is 527 g/mol. The number of fused-ring (bicyclic) bond motifs is 7. The number of imidazole rings is 1. The minimum Gasteiger partial charge on any atom is -0.295 e. The summed E-state index contributed by atoms with van der Waals surface area (Å²) < 4.78 is 1.64. The van der Waals surface area contributed by atoms with Crippen LogP contribution in [0.4, 0.5) is 0 Å². The molecule has 1 aromatic heterocycles. The molecule has 0 N–H and O–H groups in total. The van der Waals surface area contributed by atoms with Crippen molar-refractivity contribution < 1.29 is 14.4 Å². The summed E-state index contributed by atoms with van der Waals surface area (Å²) in [4.78, 5) is 45.8. The van der Waals surface area contributed by atoms with E-state index in [4.69, 9.17) is 0 Å². The number of hydrogen-bond donors (Lipinski definition) is 0. The maximum Gasteiger partial charge on any atom is 0.238 e. The molecule has 6 heteroatoms. The maximum atomic E-state index is 14.4. The zero-order chi connectivity index (χ0) is 28.2. The quantitative estimate of drug-likeness (QED) is 0.424. The first kappa shape index (κ1) is 26.4. The zero-order valence-electron chi connectivity index (χ0n) is 24.2. The Bertz CT molecular complexity index is 1370. The summed E-state index contributed by atoms with van der Waals surface area (Å²) in [6, 6.07) is 2.17. The molecule has 206 valence electrons. The van der Waals surface area contributed by atoms with Crippen LogP contribution in [0.5, 0.6) is 0 Å². The van der Waals surface area contributed by atoms with Crippen LogP contribution in [0.1, 0.15) is 91.3 Å². The van der Waals surface area contributed by atoms with Crippen LogP contribution in [0.15, 0.2) is 42.0 Å². The van der Waals surface area contributed by atoms with Gasteiger partial charge in [-0.1, -0.05) is 53.2 Å². The molecule has 1 unspecified atom stereocenters. The number of Topliss-reactive ketones (excluding diaryl/α,β-unsaturated/α-hetero) is 1. The molecule has 0 bridgehead atoms. The highest BCUT2D eigenvalue weighted by atomic mass is 16.2. The minimum atomic E-state index is -0.664. The summed E-state index contributed by atoms with van der Waals surface area (Å²) in [5.41, 5.74) is -0.563. The van der Waals surface area contributed by atoms with Crippen molar-refractivity contribution in [2.24, 2.45) is 50.7 Å². The van der Waals surface area contributed by atoms with Crippen LogP contribution in [-0.2, 0) is 9.59 Å². The van der Waals surface area contributed by atoms with Gasteiger partial charge in [0.05, 0.1) is 11.0 Å². The van der Waals surface area contributed by atoms with Crippen LogP contribution in [0.2, 0.25) is 0 Å². The molecule has 0 radical (unpaired) electrons. The Morgan fingerprint density at radius 2 is 1.77 bits per heavy atom. The molecule has 0 spiro atoms. The molecule has 0 aromatic carbocycles. The number of nitrogens with zero attached hydrogens (tertiary/aromatic N) is 3. The Hall–Kier alpha value is -2.81. The van der Waals surface area contributed by atoms with E-state index in [0.29, 0.717) is 0 Å². The van der Waals surface area contributed by atoms with Crippen molar-refractivity contribution >= 4 is 17.5 Å². The third-order valence-corrected chi connectivity index (χ3v) is 12.2. The van der Waals surface area contributed by atoms with Crippen molar-refractivity contribution in [1.29, 1.82) is 5.26 Å². The average molecular weight is 528 g/mol. The largest absolute Gasteiger partial charge is 0.295 e. The van der Waals surface area contributed by atoms with Gasteiger partial charge in [0, 0.05) is 29.1 Å². The lowest BCUT2D eigenvalue weighted by atomic mass is 9.38. The predicted molar refractivity (Wildman–Crippen MR) is 147 cm³/mol. The van der Waals surface area contributed by atoms with Gasteiger partial charge in [-0.15, -0.1) is 0 Å². The van der Waals surface area contributed by atoms with E-state index < -0.39 is 16.2 Å². The normalized spacial score (nSPS) is 42.1. The Labute approximate surface area is 231 Å². The van der Waals surface area contributed by atoms with Gasteiger partial charge >= 0.3 is 0 Å². The van der Waals surface area contributed by atoms with Crippen molar-refractivity contribution in [3.8, 4) is 6.07 Å². The van der Waals surface area contributed by atoms with E-state index in [9.17, 15) is 19.6 Å². The van der Waals surface area contributed by atoms with Crippen LogP contribution >= 0.6 is 0 Å². The van der Waals surface area contributed by atoms with Crippen LogP contribution < -0.4 is 0 Å². The number of allylic oxidation sites excluding steroid dienone is 4. The Morgan fingerprint density at radius 1 is 1.03 bits per heavy atom. The number of carbonyl (C=O) groups excluding carboxylic acids is 3. The predicted octanol–water partition coefficient (Wildman–Crippen LogP) is 6.35. The Balaban J connectivity index is 1.49. The SMILES string of the molecule is CC1(C)CC[C@]2(C(=O)n3ccnc3)CCC3[C@H](C(=O)C=C4[C@@]3(C)CC[C@H]3C(C)(C)C(=O)C(C#N)=C[C@]43C)[C@@H]2C1. The molecular weight excluding hydrogens is 486 g/mol. The van der Waals surface area contributed by atoms with Crippen LogP contribution in [0.25, 0.3) is 0 Å². The fraction of sp³-hybridized carbons (Fsp3) is 0.667. The number of nitriles is 1. The summed E-state index contributed by atoms with van der Waals surface area (Å²) in [5, 5.41) is 9.87. The van der Waals surface area contributed by atoms with E-state index >= 15 is 0 Å². The summed E-state index contributed by atoms with van der Waals surface area (Å²) >= 11 is 0. The molecule has 7 atom stereocenters. The fourth-order valence-corrected chi connectivity index (χ4v) is 10.3. The van der Waals surface area contributed by atoms with E-state index in [1.807, 2.05) is 26.0 Å². The first-order valence-electron chi connectivity index (χ1n) is 14.7. The first-order valence-corrected chi connectivity index (χ1v) is 14.7. The van der Waals surface area contributed by atoms with Crippen LogP contribution in [0, 0.1) is 62.1 Å². The van der Waals surface area contributed by atoms with Gasteiger partial charge in [0.15, 0.2) is 11.6 Å². The standard InChI is InChI=1S/C33H41N3O3/c1-29(2)11-12-33(28(39)36-14-13-35-19-36)10-7-21-26(22(33)17-29)23(37)15-25-31(21,5)9-8-24-30(3,4)27(38)20(18-34)16-32(24,25)6/h13-16,19,21-22,24,26H,7-12,17H2,1-6H3/t21?,22-,24-,26-,31-,32-,33+/m0/s1. The minimum absolute atomic E-state index is 0.0165. The van der Waals surface area contributed by atoms with Gasteiger partial charge in [-0.25, -0.2) is 4.98 Å². The van der Waals surface area contributed by atoms with Gasteiger partial charge in [0.1, 0.15) is 12.4 Å². The molecule has 39 heavy (non-hydrogen) atoms. The third-order valence-electron chi connectivity index (χ3n) is 12.2. The van der Waals surface area contributed by atoms with Crippen molar-refractivity contribution in [1.82, 2.24) is 9.55 Å². The number of rotatable bonds is 1. The van der Waals surface area contributed by atoms with Gasteiger partial charge in [0.2, 0.25) is 5.91 Å². The summed E-state index contributed by atoms with van der Waals surface area (Å²) in [6.45, 7) is 13.0. The second-order valence-corrected chi connectivity index (χ2v) is 15.0. The second kappa shape index (κ2) is 8.12. The molecule has 0 amide bonds. The lowest BCUT2D eigenvalue weighted by Gasteiger charge is -2.64. The van der Waals surface area contributed by atoms with E-state index in [1.165, 1.54) is 0 Å². The molecular formula is C33H41N3O3. The highest BCUT2D eigenvalue weighted by molar-refractivity contribution is 6.04. The fourth-order valence-electron chi connectivity index (χ4n) is 10.3. The summed E-state index contributed by atoms with van der Waals surface area (Å²) in [7, 11) is 0. The van der Waals surface area contributed by atoms with Gasteiger partial charge < -0.3 is 0 Å². The van der Waals surface area contributed by atoms with Crippen LogP contribution in [-0.4, -0.2) is 27.0 Å². The molecule has 1 heterocycles. The lowest BCUT2D eigenvalue weighted by molar-refractivity contribution is -0.143. The highest BCUT2D eigenvalue weighted by Gasteiger charge is 2.67. The molecule has 5 aliphatic carbocycles. The average Bonchev–Trinajstić information content (AvgIpc) is 3.41. The van der Waals surface area contributed by atoms with Gasteiger partial charge in [-0.05, 0) is 79.6 Å². The molecule has 3 saturated carbocycles. The second-order valence-electron chi connectivity index (χ2n) is 15.0. The molecule has 1 aromatic rings. The summed E-state index contributed by atoms with van der Waals surface area (Å²) in [6.07, 6.45) is 14.8. The number of carbonyl (C=O) groups is 3. The van der Waals surface area contributed by atoms with E-state index in [1.54, 1.807) is 23.3 Å². The number of aromatic nitrogens is 2. The smallest absolute Gasteiger partial charge is 0.238 e. The molecule has 0 saturated heterocycles. The van der Waals surface area contributed by atoms with Crippen molar-refractivity contribution in [2.75, 3.05) is 0 Å². The zero-order valence-corrected chi connectivity index (χ0v) is 24.2. The Kier molecular flexibility index (Phi) is 5.50. The molecule has 6 rings (SSSR count).